The van der Waals surface area contributed by atoms with E-state index in [1.54, 1.807) is 0 Å². The van der Waals surface area contributed by atoms with Crippen LogP contribution in [-0.4, -0.2) is 48.6 Å². The lowest BCUT2D eigenvalue weighted by Gasteiger charge is -2.16. The van der Waals surface area contributed by atoms with Crippen molar-refractivity contribution < 1.29 is 24.5 Å². The summed E-state index contributed by atoms with van der Waals surface area (Å²) in [5.41, 5.74) is 1.10. The van der Waals surface area contributed by atoms with Crippen LogP contribution in [0.4, 0.5) is 0 Å². The van der Waals surface area contributed by atoms with Gasteiger partial charge in [0.15, 0.2) is 11.5 Å². The van der Waals surface area contributed by atoms with E-state index in [1.165, 1.54) is 0 Å². The highest BCUT2D eigenvalue weighted by Crippen LogP contribution is 2.39. The second-order valence-electron chi connectivity index (χ2n) is 5.29. The summed E-state index contributed by atoms with van der Waals surface area (Å²) in [6, 6.07) is 5.80. The lowest BCUT2D eigenvalue weighted by molar-refractivity contribution is -0.107. The third-order valence-electron chi connectivity index (χ3n) is 2.85. The van der Waals surface area contributed by atoms with Crippen LogP contribution in [-0.2, 0) is 11.2 Å². The minimum absolute atomic E-state index is 0.139. The van der Waals surface area contributed by atoms with Gasteiger partial charge in [-0.2, -0.15) is 0 Å². The fraction of sp³-hybridized carbons (Fsp3) is 0.562. The Balaban J connectivity index is 0.000000295. The number of aliphatic hydroxyl groups is 2. The van der Waals surface area contributed by atoms with Crippen LogP contribution in [0.15, 0.2) is 18.2 Å². The van der Waals surface area contributed by atoms with E-state index in [1.807, 2.05) is 32.0 Å². The van der Waals surface area contributed by atoms with Gasteiger partial charge in [0.2, 0.25) is 5.79 Å². The molecule has 0 bridgehead atoms. The van der Waals surface area contributed by atoms with E-state index in [-0.39, 0.29) is 13.2 Å². The monoisotopic (exact) mass is 311 g/mol. The topological polar surface area (TPSA) is 88.0 Å². The maximum absolute atomic E-state index is 10.3. The van der Waals surface area contributed by atoms with Gasteiger partial charge >= 0.3 is 0 Å². The van der Waals surface area contributed by atoms with Crippen LogP contribution >= 0.6 is 0 Å². The highest BCUT2D eigenvalue weighted by molar-refractivity contribution is 5.51. The van der Waals surface area contributed by atoms with Crippen LogP contribution in [0.1, 0.15) is 25.8 Å². The first-order valence-electron chi connectivity index (χ1n) is 7.39. The summed E-state index contributed by atoms with van der Waals surface area (Å²) in [5.74, 6) is 0.962. The van der Waals surface area contributed by atoms with Crippen molar-refractivity contribution in [2.45, 2.75) is 32.5 Å². The summed E-state index contributed by atoms with van der Waals surface area (Å²) in [7, 11) is 0. The van der Waals surface area contributed by atoms with Crippen molar-refractivity contribution >= 4 is 6.29 Å². The Morgan fingerprint density at radius 3 is 2.36 bits per heavy atom. The van der Waals surface area contributed by atoms with Crippen molar-refractivity contribution in [2.24, 2.45) is 0 Å². The molecule has 0 saturated heterocycles. The van der Waals surface area contributed by atoms with Crippen molar-refractivity contribution in [2.75, 3.05) is 26.3 Å². The Morgan fingerprint density at radius 1 is 1.14 bits per heavy atom. The quantitative estimate of drug-likeness (QED) is 0.512. The maximum Gasteiger partial charge on any atom is 0.246 e. The molecule has 1 aromatic carbocycles. The predicted octanol–water partition coefficient (Wildman–Crippen LogP) is 0.886. The first-order valence-corrected chi connectivity index (χ1v) is 7.39. The number of carbonyl (C=O) groups is 1. The molecule has 1 aliphatic rings. The van der Waals surface area contributed by atoms with E-state index in [4.69, 9.17) is 19.7 Å². The standard InChI is InChI=1S/C12H14O3.C4H11NO2/c1-12(2)14-10-6-5-9(4-3-7-13)8-11(10)15-12;6-3-1-5-2-4-7/h5-8H,3-4H2,1-2H3;5-7H,1-4H2. The molecule has 0 fully saturated rings. The molecule has 2 rings (SSSR count). The van der Waals surface area contributed by atoms with Crippen LogP contribution in [0, 0.1) is 0 Å². The second kappa shape index (κ2) is 9.40. The van der Waals surface area contributed by atoms with Crippen LogP contribution in [0.25, 0.3) is 0 Å². The molecular formula is C16H25NO5. The minimum Gasteiger partial charge on any atom is -0.449 e. The number of nitrogens with one attached hydrogen (secondary N) is 1. The molecule has 0 unspecified atom stereocenters. The Labute approximate surface area is 131 Å². The van der Waals surface area contributed by atoms with Crippen molar-refractivity contribution in [3.8, 4) is 11.5 Å². The summed E-state index contributed by atoms with van der Waals surface area (Å²) in [6.07, 6.45) is 2.22. The number of hydrogen-bond acceptors (Lipinski definition) is 6. The Morgan fingerprint density at radius 2 is 1.77 bits per heavy atom. The summed E-state index contributed by atoms with van der Waals surface area (Å²) in [6.45, 7) is 5.16. The highest BCUT2D eigenvalue weighted by Gasteiger charge is 2.31. The van der Waals surface area contributed by atoms with Crippen molar-refractivity contribution in [1.29, 1.82) is 0 Å². The predicted molar refractivity (Wildman–Crippen MR) is 83.2 cm³/mol. The lowest BCUT2D eigenvalue weighted by Crippen LogP contribution is -2.29. The zero-order chi connectivity index (χ0) is 16.4. The van der Waals surface area contributed by atoms with Crippen molar-refractivity contribution in [3.05, 3.63) is 23.8 Å². The van der Waals surface area contributed by atoms with Gasteiger partial charge in [0.05, 0.1) is 13.2 Å². The fourth-order valence-corrected chi connectivity index (χ4v) is 1.93. The van der Waals surface area contributed by atoms with Gasteiger partial charge in [-0.1, -0.05) is 6.07 Å². The smallest absolute Gasteiger partial charge is 0.246 e. The van der Waals surface area contributed by atoms with E-state index in [0.29, 0.717) is 19.5 Å². The molecular weight excluding hydrogens is 286 g/mol. The van der Waals surface area contributed by atoms with Crippen LogP contribution < -0.4 is 14.8 Å². The number of ether oxygens (including phenoxy) is 2. The number of aryl methyl sites for hydroxylation is 1. The van der Waals surface area contributed by atoms with E-state index >= 15 is 0 Å². The molecule has 0 aliphatic carbocycles. The fourth-order valence-electron chi connectivity index (χ4n) is 1.93. The molecule has 6 heteroatoms. The molecule has 0 aromatic heterocycles. The number of hydrogen-bond donors (Lipinski definition) is 3. The summed E-state index contributed by atoms with van der Waals surface area (Å²) >= 11 is 0. The largest absolute Gasteiger partial charge is 0.449 e. The normalized spacial score (nSPS) is 14.2. The molecule has 1 aromatic rings. The molecule has 124 valence electrons. The average Bonchev–Trinajstić information content (AvgIpc) is 2.79. The summed E-state index contributed by atoms with van der Waals surface area (Å²) in [4.78, 5) is 10.3. The van der Waals surface area contributed by atoms with E-state index in [2.05, 4.69) is 5.32 Å². The first kappa shape index (κ1) is 18.4. The maximum atomic E-state index is 10.3. The number of fused-ring (bicyclic) bond motifs is 1. The molecule has 3 N–H and O–H groups in total. The van der Waals surface area contributed by atoms with Gasteiger partial charge in [-0.3, -0.25) is 0 Å². The van der Waals surface area contributed by atoms with E-state index in [0.717, 1.165) is 29.8 Å². The number of benzene rings is 1. The van der Waals surface area contributed by atoms with Crippen LogP contribution in [0.2, 0.25) is 0 Å². The van der Waals surface area contributed by atoms with Gasteiger partial charge in [-0.15, -0.1) is 0 Å². The molecule has 1 aliphatic heterocycles. The van der Waals surface area contributed by atoms with Crippen molar-refractivity contribution in [1.82, 2.24) is 5.32 Å². The van der Waals surface area contributed by atoms with Crippen LogP contribution in [0.5, 0.6) is 11.5 Å². The molecule has 0 saturated carbocycles. The summed E-state index contributed by atoms with van der Waals surface area (Å²) in [5, 5.41) is 19.1. The first-order chi connectivity index (χ1) is 10.5. The van der Waals surface area contributed by atoms with Gasteiger partial charge in [0, 0.05) is 33.4 Å². The molecule has 22 heavy (non-hydrogen) atoms. The van der Waals surface area contributed by atoms with Crippen molar-refractivity contribution in [3.63, 3.8) is 0 Å². The molecule has 0 amide bonds. The van der Waals surface area contributed by atoms with Gasteiger partial charge < -0.3 is 29.8 Å². The Kier molecular flexibility index (Phi) is 7.87. The number of rotatable bonds is 7. The SMILES string of the molecule is CC1(C)Oc2ccc(CCC=O)cc2O1.OCCNCCO. The molecule has 1 heterocycles. The van der Waals surface area contributed by atoms with E-state index in [9.17, 15) is 4.79 Å². The zero-order valence-corrected chi connectivity index (χ0v) is 13.2. The Hall–Kier alpha value is -1.63. The highest BCUT2D eigenvalue weighted by atomic mass is 16.7. The van der Waals surface area contributed by atoms with E-state index < -0.39 is 5.79 Å². The lowest BCUT2D eigenvalue weighted by atomic mass is 10.1. The zero-order valence-electron chi connectivity index (χ0n) is 13.2. The van der Waals surface area contributed by atoms with Gasteiger partial charge in [0.1, 0.15) is 6.29 Å². The number of aliphatic hydroxyl groups excluding tert-OH is 2. The van der Waals surface area contributed by atoms with Gasteiger partial charge in [-0.25, -0.2) is 0 Å². The average molecular weight is 311 g/mol. The second-order valence-corrected chi connectivity index (χ2v) is 5.29. The molecule has 0 spiro atoms. The van der Waals surface area contributed by atoms with Gasteiger partial charge in [0.25, 0.3) is 0 Å². The third kappa shape index (κ3) is 6.43. The molecule has 0 atom stereocenters. The van der Waals surface area contributed by atoms with Crippen LogP contribution in [0.3, 0.4) is 0 Å². The number of carbonyl (C=O) groups excluding carboxylic acids is 1. The number of aldehydes is 1. The molecule has 0 radical (unpaired) electrons. The Bertz CT molecular complexity index is 458. The van der Waals surface area contributed by atoms with Gasteiger partial charge in [-0.05, 0) is 24.1 Å². The minimum atomic E-state index is -0.578. The summed E-state index contributed by atoms with van der Waals surface area (Å²) < 4.78 is 11.2. The third-order valence-corrected chi connectivity index (χ3v) is 2.85. The molecule has 6 nitrogen and oxygen atoms in total.